The SMILES string of the molecule is CCN(CC)CCn1cc(NC(=O)c2nonc2N)cn1. The van der Waals surface area contributed by atoms with Gasteiger partial charge in [0.25, 0.3) is 5.91 Å². The summed E-state index contributed by atoms with van der Waals surface area (Å²) in [6, 6.07) is 0. The van der Waals surface area contributed by atoms with Gasteiger partial charge in [0.15, 0.2) is 0 Å². The van der Waals surface area contributed by atoms with Crippen LogP contribution in [0.15, 0.2) is 17.0 Å². The molecule has 3 N–H and O–H groups in total. The zero-order valence-electron chi connectivity index (χ0n) is 12.1. The van der Waals surface area contributed by atoms with Crippen molar-refractivity contribution in [2.75, 3.05) is 30.7 Å². The van der Waals surface area contributed by atoms with E-state index in [4.69, 9.17) is 5.73 Å². The molecule has 0 saturated carbocycles. The normalized spacial score (nSPS) is 11.0. The zero-order chi connectivity index (χ0) is 15.2. The number of anilines is 2. The maximum Gasteiger partial charge on any atom is 0.281 e. The van der Waals surface area contributed by atoms with Gasteiger partial charge in [0, 0.05) is 12.7 Å². The van der Waals surface area contributed by atoms with Crippen LogP contribution in [0, 0.1) is 0 Å². The number of nitrogens with two attached hydrogens (primary N) is 1. The predicted octanol–water partition coefficient (Wildman–Crippen LogP) is 0.442. The summed E-state index contributed by atoms with van der Waals surface area (Å²) in [5.74, 6) is -0.515. The Morgan fingerprint density at radius 2 is 2.19 bits per heavy atom. The van der Waals surface area contributed by atoms with E-state index in [1.54, 1.807) is 17.1 Å². The summed E-state index contributed by atoms with van der Waals surface area (Å²) in [5, 5.41) is 13.6. The number of hydrogen-bond donors (Lipinski definition) is 2. The Hall–Kier alpha value is -2.42. The van der Waals surface area contributed by atoms with Crippen LogP contribution in [0.2, 0.25) is 0 Å². The van der Waals surface area contributed by atoms with Crippen LogP contribution in [0.25, 0.3) is 0 Å². The van der Waals surface area contributed by atoms with Crippen molar-refractivity contribution in [2.45, 2.75) is 20.4 Å². The monoisotopic (exact) mass is 293 g/mol. The summed E-state index contributed by atoms with van der Waals surface area (Å²) in [7, 11) is 0. The fourth-order valence-electron chi connectivity index (χ4n) is 1.88. The number of amides is 1. The minimum absolute atomic E-state index is 0.0362. The molecule has 2 heterocycles. The fraction of sp³-hybridized carbons (Fsp3) is 0.500. The average molecular weight is 293 g/mol. The van der Waals surface area contributed by atoms with E-state index in [0.717, 1.165) is 26.2 Å². The van der Waals surface area contributed by atoms with Gasteiger partial charge in [-0.05, 0) is 23.4 Å². The number of nitrogens with zero attached hydrogens (tertiary/aromatic N) is 5. The van der Waals surface area contributed by atoms with E-state index in [9.17, 15) is 4.79 Å². The standard InChI is InChI=1S/C12H19N7O2/c1-3-18(4-2)5-6-19-8-9(7-14-19)15-12(20)10-11(13)17-21-16-10/h7-8H,3-6H2,1-2H3,(H2,13,17)(H,15,20). The predicted molar refractivity (Wildman–Crippen MR) is 76.7 cm³/mol. The molecule has 2 aromatic rings. The highest BCUT2D eigenvalue weighted by Crippen LogP contribution is 2.10. The van der Waals surface area contributed by atoms with Crippen molar-refractivity contribution in [1.29, 1.82) is 0 Å². The highest BCUT2D eigenvalue weighted by atomic mass is 16.6. The van der Waals surface area contributed by atoms with Crippen LogP contribution < -0.4 is 11.1 Å². The van der Waals surface area contributed by atoms with E-state index in [1.807, 2.05) is 0 Å². The van der Waals surface area contributed by atoms with Crippen molar-refractivity contribution < 1.29 is 9.42 Å². The topological polar surface area (TPSA) is 115 Å². The van der Waals surface area contributed by atoms with Crippen LogP contribution in [0.4, 0.5) is 11.5 Å². The Bertz CT molecular complexity index is 588. The second kappa shape index (κ2) is 6.84. The molecule has 1 amide bonds. The molecule has 0 saturated heterocycles. The van der Waals surface area contributed by atoms with Crippen molar-refractivity contribution >= 4 is 17.4 Å². The minimum atomic E-state index is -0.475. The van der Waals surface area contributed by atoms with Gasteiger partial charge in [0.1, 0.15) is 0 Å². The summed E-state index contributed by atoms with van der Waals surface area (Å²) in [6.07, 6.45) is 3.33. The lowest BCUT2D eigenvalue weighted by Crippen LogP contribution is -2.27. The number of carbonyl (C=O) groups excluding carboxylic acids is 1. The van der Waals surface area contributed by atoms with Gasteiger partial charge in [0.2, 0.25) is 11.5 Å². The van der Waals surface area contributed by atoms with E-state index >= 15 is 0 Å². The summed E-state index contributed by atoms with van der Waals surface area (Å²) >= 11 is 0. The number of likely N-dealkylation sites (N-methyl/N-ethyl adjacent to an activating group) is 1. The molecule has 0 atom stereocenters. The molecule has 114 valence electrons. The third-order valence-electron chi connectivity index (χ3n) is 3.16. The Morgan fingerprint density at radius 3 is 2.81 bits per heavy atom. The molecule has 2 aromatic heterocycles. The number of aromatic nitrogens is 4. The third kappa shape index (κ3) is 3.78. The van der Waals surface area contributed by atoms with Gasteiger partial charge in [-0.1, -0.05) is 13.8 Å². The van der Waals surface area contributed by atoms with E-state index in [2.05, 4.69) is 44.1 Å². The Morgan fingerprint density at radius 1 is 1.43 bits per heavy atom. The lowest BCUT2D eigenvalue weighted by molar-refractivity contribution is 0.101. The van der Waals surface area contributed by atoms with E-state index in [1.165, 1.54) is 0 Å². The maximum atomic E-state index is 11.9. The van der Waals surface area contributed by atoms with Gasteiger partial charge in [-0.15, -0.1) is 0 Å². The van der Waals surface area contributed by atoms with Crippen LogP contribution in [-0.2, 0) is 6.54 Å². The van der Waals surface area contributed by atoms with Crippen LogP contribution >= 0.6 is 0 Å². The molecule has 0 aromatic carbocycles. The van der Waals surface area contributed by atoms with Crippen LogP contribution in [-0.4, -0.2) is 50.5 Å². The molecule has 21 heavy (non-hydrogen) atoms. The fourth-order valence-corrected chi connectivity index (χ4v) is 1.88. The van der Waals surface area contributed by atoms with E-state index in [0.29, 0.717) is 5.69 Å². The summed E-state index contributed by atoms with van der Waals surface area (Å²) in [4.78, 5) is 14.2. The second-order valence-corrected chi connectivity index (χ2v) is 4.47. The largest absolute Gasteiger partial charge is 0.379 e. The van der Waals surface area contributed by atoms with Crippen molar-refractivity contribution in [3.8, 4) is 0 Å². The smallest absolute Gasteiger partial charge is 0.281 e. The molecule has 0 spiro atoms. The summed E-state index contributed by atoms with van der Waals surface area (Å²) in [6.45, 7) is 7.90. The van der Waals surface area contributed by atoms with E-state index < -0.39 is 5.91 Å². The highest BCUT2D eigenvalue weighted by molar-refractivity contribution is 6.05. The van der Waals surface area contributed by atoms with Gasteiger partial charge < -0.3 is 16.0 Å². The Kier molecular flexibility index (Phi) is 4.88. The third-order valence-corrected chi connectivity index (χ3v) is 3.16. The van der Waals surface area contributed by atoms with Crippen molar-refractivity contribution in [2.24, 2.45) is 0 Å². The molecule has 0 fully saturated rings. The molecule has 0 aliphatic rings. The molecular formula is C12H19N7O2. The van der Waals surface area contributed by atoms with Gasteiger partial charge in [-0.25, -0.2) is 4.63 Å². The van der Waals surface area contributed by atoms with E-state index in [-0.39, 0.29) is 11.5 Å². The van der Waals surface area contributed by atoms with Gasteiger partial charge in [-0.3, -0.25) is 9.48 Å². The summed E-state index contributed by atoms with van der Waals surface area (Å²) < 4.78 is 6.16. The molecule has 2 rings (SSSR count). The van der Waals surface area contributed by atoms with Gasteiger partial charge in [-0.2, -0.15) is 5.10 Å². The highest BCUT2D eigenvalue weighted by Gasteiger charge is 2.16. The van der Waals surface area contributed by atoms with Crippen LogP contribution in [0.1, 0.15) is 24.3 Å². The number of nitrogen functional groups attached to an aromatic ring is 1. The van der Waals surface area contributed by atoms with Crippen LogP contribution in [0.5, 0.6) is 0 Å². The van der Waals surface area contributed by atoms with Crippen molar-refractivity contribution in [3.05, 3.63) is 18.1 Å². The zero-order valence-corrected chi connectivity index (χ0v) is 12.1. The number of hydrogen-bond acceptors (Lipinski definition) is 7. The van der Waals surface area contributed by atoms with Crippen LogP contribution in [0.3, 0.4) is 0 Å². The molecule has 0 aliphatic carbocycles. The minimum Gasteiger partial charge on any atom is -0.379 e. The average Bonchev–Trinajstić information content (AvgIpc) is 3.09. The Labute approximate surface area is 122 Å². The van der Waals surface area contributed by atoms with Crippen molar-refractivity contribution in [3.63, 3.8) is 0 Å². The number of nitrogens with one attached hydrogen (secondary N) is 1. The first-order valence-electron chi connectivity index (χ1n) is 6.78. The summed E-state index contributed by atoms with van der Waals surface area (Å²) in [5.41, 5.74) is 5.99. The molecule has 0 unspecified atom stereocenters. The molecule has 9 heteroatoms. The molecule has 0 radical (unpaired) electrons. The first kappa shape index (κ1) is 15.0. The molecular weight excluding hydrogens is 274 g/mol. The molecule has 0 aliphatic heterocycles. The Balaban J connectivity index is 1.91. The lowest BCUT2D eigenvalue weighted by atomic mass is 10.4. The molecule has 9 nitrogen and oxygen atoms in total. The lowest BCUT2D eigenvalue weighted by Gasteiger charge is -2.17. The molecule has 0 bridgehead atoms. The first-order valence-corrected chi connectivity index (χ1v) is 6.78. The quantitative estimate of drug-likeness (QED) is 0.761. The van der Waals surface area contributed by atoms with Crippen molar-refractivity contribution in [1.82, 2.24) is 25.0 Å². The second-order valence-electron chi connectivity index (χ2n) is 4.47. The number of rotatable bonds is 7. The first-order chi connectivity index (χ1) is 10.1. The van der Waals surface area contributed by atoms with Gasteiger partial charge in [0.05, 0.1) is 18.4 Å². The van der Waals surface area contributed by atoms with Gasteiger partial charge >= 0.3 is 0 Å². The number of carbonyl (C=O) groups is 1. The maximum absolute atomic E-state index is 11.9.